The Morgan fingerprint density at radius 1 is 1.73 bits per heavy atom. The number of carbonyl (C=O) groups excluding carboxylic acids is 2. The Morgan fingerprint density at radius 2 is 2.36 bits per heavy atom. The Kier molecular flexibility index (Phi) is 1.43. The Bertz CT molecular complexity index is 254. The predicted molar refractivity (Wildman–Crippen MR) is 32.7 cm³/mol. The molecule has 2 atom stereocenters. The predicted octanol–water partition coefficient (Wildman–Crippen LogP) is -1.33. The van der Waals surface area contributed by atoms with Gasteiger partial charge in [-0.3, -0.25) is 10.1 Å². The second kappa shape index (κ2) is 2.57. The molecule has 0 aromatic rings. The molecule has 0 aromatic heterocycles. The summed E-state index contributed by atoms with van der Waals surface area (Å²) in [5, 5.41) is 12.1. The Hall–Kier alpha value is -1.59. The summed E-state index contributed by atoms with van der Waals surface area (Å²) < 4.78 is 7.05. The number of hydrogen-bond acceptors (Lipinski definition) is 3. The first-order chi connectivity index (χ1) is 5.52. The molecule has 1 aliphatic heterocycles. The SMILES string of the molecule is [2H][C@H]1C(=O)NC(=O)N[C@@H]1C(=O)O. The number of hydrogen-bond donors (Lipinski definition) is 3. The molecule has 1 fully saturated rings. The van der Waals surface area contributed by atoms with Crippen molar-refractivity contribution in [3.63, 3.8) is 0 Å². The summed E-state index contributed by atoms with van der Waals surface area (Å²) in [6.07, 6.45) is -1.49. The van der Waals surface area contributed by atoms with E-state index in [1.54, 1.807) is 5.32 Å². The summed E-state index contributed by atoms with van der Waals surface area (Å²) in [5.41, 5.74) is 0. The van der Waals surface area contributed by atoms with Gasteiger partial charge in [-0.25, -0.2) is 9.59 Å². The topological polar surface area (TPSA) is 95.5 Å². The van der Waals surface area contributed by atoms with Crippen LogP contribution in [0.2, 0.25) is 0 Å². The first-order valence-corrected chi connectivity index (χ1v) is 2.79. The van der Waals surface area contributed by atoms with Gasteiger partial charge in [0.1, 0.15) is 6.04 Å². The van der Waals surface area contributed by atoms with E-state index in [1.165, 1.54) is 0 Å². The maximum absolute atomic E-state index is 10.7. The molecule has 0 unspecified atom stereocenters. The average Bonchev–Trinajstić information content (AvgIpc) is 1.96. The lowest BCUT2D eigenvalue weighted by Crippen LogP contribution is -2.55. The van der Waals surface area contributed by atoms with Crippen molar-refractivity contribution >= 4 is 17.9 Å². The summed E-state index contributed by atoms with van der Waals surface area (Å²) in [6.45, 7) is 0. The number of carbonyl (C=O) groups is 3. The molecule has 6 nitrogen and oxygen atoms in total. The van der Waals surface area contributed by atoms with Crippen molar-refractivity contribution in [1.29, 1.82) is 0 Å². The first kappa shape index (κ1) is 6.14. The summed E-state index contributed by atoms with van der Waals surface area (Å²) >= 11 is 0. The number of imide groups is 1. The zero-order valence-electron chi connectivity index (χ0n) is 6.33. The molecule has 0 spiro atoms. The summed E-state index contributed by atoms with van der Waals surface area (Å²) in [5.74, 6) is -2.29. The van der Waals surface area contributed by atoms with Crippen molar-refractivity contribution in [2.75, 3.05) is 0 Å². The number of amides is 3. The van der Waals surface area contributed by atoms with Gasteiger partial charge in [0, 0.05) is 1.37 Å². The molecule has 60 valence electrons. The van der Waals surface area contributed by atoms with Gasteiger partial charge in [0.05, 0.1) is 6.40 Å². The zero-order valence-corrected chi connectivity index (χ0v) is 5.33. The van der Waals surface area contributed by atoms with Crippen LogP contribution in [0.5, 0.6) is 0 Å². The van der Waals surface area contributed by atoms with Crippen molar-refractivity contribution in [2.24, 2.45) is 0 Å². The molecule has 3 amide bonds. The lowest BCUT2D eigenvalue weighted by Gasteiger charge is -2.18. The third-order valence-electron chi connectivity index (χ3n) is 1.11. The fourth-order valence-corrected chi connectivity index (χ4v) is 0.657. The van der Waals surface area contributed by atoms with Gasteiger partial charge >= 0.3 is 12.0 Å². The molecule has 1 saturated heterocycles. The van der Waals surface area contributed by atoms with Crippen LogP contribution in [0.4, 0.5) is 4.79 Å². The van der Waals surface area contributed by atoms with E-state index in [0.29, 0.717) is 0 Å². The van der Waals surface area contributed by atoms with Crippen LogP contribution >= 0.6 is 0 Å². The molecule has 6 heteroatoms. The van der Waals surface area contributed by atoms with Crippen molar-refractivity contribution in [2.45, 2.75) is 12.4 Å². The molecule has 1 rings (SSSR count). The highest BCUT2D eigenvalue weighted by molar-refractivity contribution is 6.01. The van der Waals surface area contributed by atoms with Gasteiger partial charge in [-0.2, -0.15) is 0 Å². The number of nitrogens with one attached hydrogen (secondary N) is 2. The van der Waals surface area contributed by atoms with Crippen LogP contribution in [0, 0.1) is 0 Å². The van der Waals surface area contributed by atoms with E-state index >= 15 is 0 Å². The van der Waals surface area contributed by atoms with Crippen LogP contribution < -0.4 is 10.6 Å². The van der Waals surface area contributed by atoms with Crippen LogP contribution in [0.25, 0.3) is 0 Å². The van der Waals surface area contributed by atoms with Gasteiger partial charge in [0.25, 0.3) is 0 Å². The monoisotopic (exact) mass is 159 g/mol. The van der Waals surface area contributed by atoms with E-state index in [1.807, 2.05) is 5.32 Å². The highest BCUT2D eigenvalue weighted by Crippen LogP contribution is 1.97. The molecule has 0 aliphatic carbocycles. The number of aliphatic carboxylic acids is 1. The normalized spacial score (nSPS) is 31.8. The lowest BCUT2D eigenvalue weighted by atomic mass is 10.2. The molecular formula is C5H6N2O4. The summed E-state index contributed by atoms with van der Waals surface area (Å²) in [4.78, 5) is 31.6. The van der Waals surface area contributed by atoms with Crippen LogP contribution in [0.1, 0.15) is 7.77 Å². The molecule has 0 bridgehead atoms. The van der Waals surface area contributed by atoms with Crippen LogP contribution in [-0.2, 0) is 9.59 Å². The molecule has 1 aliphatic rings. The van der Waals surface area contributed by atoms with Gasteiger partial charge in [-0.15, -0.1) is 0 Å². The Labute approximate surface area is 63.0 Å². The molecule has 11 heavy (non-hydrogen) atoms. The quantitative estimate of drug-likeness (QED) is 0.441. The third kappa shape index (κ3) is 1.66. The zero-order chi connectivity index (χ0) is 9.30. The Morgan fingerprint density at radius 3 is 2.91 bits per heavy atom. The van der Waals surface area contributed by atoms with Crippen molar-refractivity contribution in [3.05, 3.63) is 0 Å². The average molecular weight is 159 g/mol. The molecular weight excluding hydrogens is 152 g/mol. The fraction of sp³-hybridized carbons (Fsp3) is 0.400. The maximum Gasteiger partial charge on any atom is 0.326 e. The van der Waals surface area contributed by atoms with Crippen LogP contribution in [0.3, 0.4) is 0 Å². The van der Waals surface area contributed by atoms with E-state index < -0.39 is 30.3 Å². The molecule has 0 radical (unpaired) electrons. The molecule has 3 N–H and O–H groups in total. The number of rotatable bonds is 1. The van der Waals surface area contributed by atoms with E-state index in [0.717, 1.165) is 0 Å². The molecule has 0 aromatic carbocycles. The molecule has 1 heterocycles. The van der Waals surface area contributed by atoms with Gasteiger partial charge < -0.3 is 10.4 Å². The first-order valence-electron chi connectivity index (χ1n) is 3.36. The highest BCUT2D eigenvalue weighted by Gasteiger charge is 2.28. The number of carboxylic acids is 1. The van der Waals surface area contributed by atoms with E-state index in [4.69, 9.17) is 6.48 Å². The van der Waals surface area contributed by atoms with Gasteiger partial charge in [-0.05, 0) is 0 Å². The second-order valence-electron chi connectivity index (χ2n) is 1.95. The lowest BCUT2D eigenvalue weighted by molar-refractivity contribution is -0.141. The third-order valence-corrected chi connectivity index (χ3v) is 1.11. The minimum absolute atomic E-state index is 0.879. The Balaban J connectivity index is 2.79. The smallest absolute Gasteiger partial charge is 0.326 e. The van der Waals surface area contributed by atoms with E-state index in [2.05, 4.69) is 0 Å². The minimum Gasteiger partial charge on any atom is -0.480 e. The minimum atomic E-state index is -1.49. The summed E-state index contributed by atoms with van der Waals surface area (Å²) in [7, 11) is 0. The maximum atomic E-state index is 10.7. The van der Waals surface area contributed by atoms with Gasteiger partial charge in [-0.1, -0.05) is 0 Å². The van der Waals surface area contributed by atoms with Crippen LogP contribution in [0.15, 0.2) is 0 Å². The largest absolute Gasteiger partial charge is 0.480 e. The number of carboxylic acid groups (broad SMARTS) is 1. The molecule has 0 saturated carbocycles. The van der Waals surface area contributed by atoms with Crippen molar-refractivity contribution in [3.8, 4) is 0 Å². The van der Waals surface area contributed by atoms with E-state index in [-0.39, 0.29) is 0 Å². The second-order valence-corrected chi connectivity index (χ2v) is 1.95. The van der Waals surface area contributed by atoms with Gasteiger partial charge in [0.15, 0.2) is 0 Å². The van der Waals surface area contributed by atoms with Crippen molar-refractivity contribution in [1.82, 2.24) is 10.6 Å². The van der Waals surface area contributed by atoms with E-state index in [9.17, 15) is 14.4 Å². The summed E-state index contributed by atoms with van der Waals surface area (Å²) in [6, 6.07) is -2.33. The fourth-order valence-electron chi connectivity index (χ4n) is 0.657. The standard InChI is InChI=1S/C5H6N2O4/c8-3-1-2(4(9)10)6-5(11)7-3/h2H,1H2,(H,9,10)(H2,6,7,8,11)/t2-/m0/s1/i1D/t1-,2+/m1. The number of urea groups is 1. The highest BCUT2D eigenvalue weighted by atomic mass is 16.4. The van der Waals surface area contributed by atoms with Gasteiger partial charge in [0.2, 0.25) is 5.91 Å². The van der Waals surface area contributed by atoms with Crippen LogP contribution in [-0.4, -0.2) is 29.1 Å². The van der Waals surface area contributed by atoms with Crippen molar-refractivity contribution < 1.29 is 20.9 Å².